The van der Waals surface area contributed by atoms with Gasteiger partial charge in [-0.25, -0.2) is 4.79 Å². The van der Waals surface area contributed by atoms with Crippen molar-refractivity contribution in [2.45, 2.75) is 32.4 Å². The lowest BCUT2D eigenvalue weighted by Crippen LogP contribution is -2.40. The number of hydrogen-bond acceptors (Lipinski definition) is 3. The number of benzene rings is 1. The monoisotopic (exact) mass is 251 g/mol. The number of amides is 1. The van der Waals surface area contributed by atoms with Crippen LogP contribution in [0.3, 0.4) is 0 Å². The third-order valence-corrected chi connectivity index (χ3v) is 2.58. The first kappa shape index (κ1) is 14.2. The Labute approximate surface area is 105 Å². The van der Waals surface area contributed by atoms with E-state index in [1.807, 2.05) is 6.92 Å². The minimum Gasteiger partial charge on any atom is -0.480 e. The second-order valence-corrected chi connectivity index (χ2v) is 4.01. The smallest absolute Gasteiger partial charge is 0.326 e. The lowest BCUT2D eigenvalue weighted by molar-refractivity contribution is -0.139. The number of hydrogen-bond donors (Lipinski definition) is 3. The van der Waals surface area contributed by atoms with Crippen molar-refractivity contribution in [2.75, 3.05) is 0 Å². The van der Waals surface area contributed by atoms with Crippen LogP contribution in [-0.2, 0) is 11.4 Å². The molecule has 0 saturated carbocycles. The molecule has 0 spiro atoms. The standard InChI is InChI=1S/C13H17NO4/c1-2-3-11(13(17)18)14-12(16)10-6-4-9(8-15)5-7-10/h4-7,11,15H,2-3,8H2,1H3,(H,14,16)(H,17,18)/t11-/m1/s1. The van der Waals surface area contributed by atoms with E-state index in [-0.39, 0.29) is 6.61 Å². The van der Waals surface area contributed by atoms with Crippen LogP contribution < -0.4 is 5.32 Å². The molecular weight excluding hydrogens is 234 g/mol. The summed E-state index contributed by atoms with van der Waals surface area (Å²) < 4.78 is 0. The van der Waals surface area contributed by atoms with Crippen molar-refractivity contribution in [3.8, 4) is 0 Å². The molecule has 1 aromatic rings. The molecule has 0 radical (unpaired) electrons. The molecule has 1 amide bonds. The second-order valence-electron chi connectivity index (χ2n) is 4.01. The van der Waals surface area contributed by atoms with Crippen molar-refractivity contribution in [2.24, 2.45) is 0 Å². The summed E-state index contributed by atoms with van der Waals surface area (Å²) in [6, 6.07) is 5.52. The first-order valence-corrected chi connectivity index (χ1v) is 5.82. The van der Waals surface area contributed by atoms with Crippen LogP contribution in [0.25, 0.3) is 0 Å². The minimum atomic E-state index is -1.03. The van der Waals surface area contributed by atoms with Gasteiger partial charge >= 0.3 is 5.97 Å². The molecule has 0 aliphatic heterocycles. The van der Waals surface area contributed by atoms with E-state index in [0.29, 0.717) is 24.0 Å². The number of carboxylic acid groups (broad SMARTS) is 1. The summed E-state index contributed by atoms with van der Waals surface area (Å²) >= 11 is 0. The van der Waals surface area contributed by atoms with E-state index in [1.165, 1.54) is 0 Å². The molecule has 1 aromatic carbocycles. The summed E-state index contributed by atoms with van der Waals surface area (Å²) in [5.41, 5.74) is 1.09. The number of carbonyl (C=O) groups is 2. The van der Waals surface area contributed by atoms with Crippen LogP contribution >= 0.6 is 0 Å². The van der Waals surface area contributed by atoms with Crippen LogP contribution in [0.4, 0.5) is 0 Å². The number of aliphatic hydroxyl groups excluding tert-OH is 1. The molecule has 0 saturated heterocycles. The summed E-state index contributed by atoms with van der Waals surface area (Å²) in [5, 5.41) is 20.3. The van der Waals surface area contributed by atoms with Gasteiger partial charge in [0.2, 0.25) is 0 Å². The highest BCUT2D eigenvalue weighted by Crippen LogP contribution is 2.06. The average Bonchev–Trinajstić information content (AvgIpc) is 2.38. The van der Waals surface area contributed by atoms with E-state index in [0.717, 1.165) is 0 Å². The molecule has 1 rings (SSSR count). The van der Waals surface area contributed by atoms with Gasteiger partial charge in [0.15, 0.2) is 0 Å². The largest absolute Gasteiger partial charge is 0.480 e. The Morgan fingerprint density at radius 1 is 1.28 bits per heavy atom. The first-order valence-electron chi connectivity index (χ1n) is 5.82. The number of carbonyl (C=O) groups excluding carboxylic acids is 1. The number of rotatable bonds is 6. The van der Waals surface area contributed by atoms with Crippen LogP contribution in [0.15, 0.2) is 24.3 Å². The average molecular weight is 251 g/mol. The highest BCUT2D eigenvalue weighted by molar-refractivity contribution is 5.96. The van der Waals surface area contributed by atoms with Gasteiger partial charge in [-0.05, 0) is 24.1 Å². The summed E-state index contributed by atoms with van der Waals surface area (Å²) in [4.78, 5) is 22.7. The summed E-state index contributed by atoms with van der Waals surface area (Å²) in [7, 11) is 0. The number of nitrogens with one attached hydrogen (secondary N) is 1. The zero-order chi connectivity index (χ0) is 13.5. The van der Waals surface area contributed by atoms with Gasteiger partial charge in [0.1, 0.15) is 6.04 Å². The van der Waals surface area contributed by atoms with Crippen molar-refractivity contribution in [1.29, 1.82) is 0 Å². The van der Waals surface area contributed by atoms with Gasteiger partial charge in [0.25, 0.3) is 5.91 Å². The second kappa shape index (κ2) is 6.76. The molecule has 0 fully saturated rings. The van der Waals surface area contributed by atoms with Crippen molar-refractivity contribution in [3.05, 3.63) is 35.4 Å². The molecule has 0 heterocycles. The summed E-state index contributed by atoms with van der Waals surface area (Å²) in [6.45, 7) is 1.77. The van der Waals surface area contributed by atoms with Crippen molar-refractivity contribution < 1.29 is 19.8 Å². The zero-order valence-electron chi connectivity index (χ0n) is 10.2. The Morgan fingerprint density at radius 3 is 2.33 bits per heavy atom. The maximum Gasteiger partial charge on any atom is 0.326 e. The third-order valence-electron chi connectivity index (χ3n) is 2.58. The fourth-order valence-corrected chi connectivity index (χ4v) is 1.55. The van der Waals surface area contributed by atoms with Gasteiger partial charge in [-0.1, -0.05) is 25.5 Å². The first-order chi connectivity index (χ1) is 8.58. The van der Waals surface area contributed by atoms with Gasteiger partial charge in [-0.15, -0.1) is 0 Å². The SMILES string of the molecule is CCC[C@@H](NC(=O)c1ccc(CO)cc1)C(=O)O. The predicted molar refractivity (Wildman–Crippen MR) is 66.2 cm³/mol. The van der Waals surface area contributed by atoms with Gasteiger partial charge in [-0.2, -0.15) is 0 Å². The topological polar surface area (TPSA) is 86.6 Å². The molecule has 3 N–H and O–H groups in total. The highest BCUT2D eigenvalue weighted by Gasteiger charge is 2.19. The van der Waals surface area contributed by atoms with Crippen molar-refractivity contribution in [1.82, 2.24) is 5.32 Å². The van der Waals surface area contributed by atoms with E-state index >= 15 is 0 Å². The van der Waals surface area contributed by atoms with E-state index in [1.54, 1.807) is 24.3 Å². The molecule has 5 nitrogen and oxygen atoms in total. The molecule has 1 atom stereocenters. The Balaban J connectivity index is 2.70. The molecule has 18 heavy (non-hydrogen) atoms. The van der Waals surface area contributed by atoms with Crippen LogP contribution in [0.2, 0.25) is 0 Å². The van der Waals surface area contributed by atoms with Crippen LogP contribution in [0.1, 0.15) is 35.7 Å². The van der Waals surface area contributed by atoms with Crippen molar-refractivity contribution >= 4 is 11.9 Å². The lowest BCUT2D eigenvalue weighted by Gasteiger charge is -2.13. The quantitative estimate of drug-likeness (QED) is 0.708. The lowest BCUT2D eigenvalue weighted by atomic mass is 10.1. The van der Waals surface area contributed by atoms with E-state index in [2.05, 4.69) is 5.32 Å². The molecule has 0 unspecified atom stereocenters. The Kier molecular flexibility index (Phi) is 5.32. The Hall–Kier alpha value is -1.88. The number of aliphatic carboxylic acids is 1. The number of carboxylic acids is 1. The summed E-state index contributed by atoms with van der Waals surface area (Å²) in [5.74, 6) is -1.45. The molecule has 0 aromatic heterocycles. The van der Waals surface area contributed by atoms with Crippen molar-refractivity contribution in [3.63, 3.8) is 0 Å². The van der Waals surface area contributed by atoms with Gasteiger partial charge in [0, 0.05) is 5.56 Å². The van der Waals surface area contributed by atoms with E-state index in [4.69, 9.17) is 10.2 Å². The van der Waals surface area contributed by atoms with Gasteiger partial charge in [0.05, 0.1) is 6.61 Å². The van der Waals surface area contributed by atoms with Gasteiger partial charge < -0.3 is 15.5 Å². The fourth-order valence-electron chi connectivity index (χ4n) is 1.55. The van der Waals surface area contributed by atoms with Gasteiger partial charge in [-0.3, -0.25) is 4.79 Å². The predicted octanol–water partition coefficient (Wildman–Crippen LogP) is 1.16. The maximum absolute atomic E-state index is 11.8. The zero-order valence-corrected chi connectivity index (χ0v) is 10.2. The fraction of sp³-hybridized carbons (Fsp3) is 0.385. The summed E-state index contributed by atoms with van der Waals surface area (Å²) in [6.07, 6.45) is 1.08. The Morgan fingerprint density at radius 2 is 1.89 bits per heavy atom. The molecule has 5 heteroatoms. The molecule has 0 bridgehead atoms. The molecule has 98 valence electrons. The molecule has 0 aliphatic rings. The van der Waals surface area contributed by atoms with Crippen LogP contribution in [0.5, 0.6) is 0 Å². The minimum absolute atomic E-state index is 0.0878. The van der Waals surface area contributed by atoms with Crippen LogP contribution in [0, 0.1) is 0 Å². The van der Waals surface area contributed by atoms with Crippen LogP contribution in [-0.4, -0.2) is 28.1 Å². The normalized spacial score (nSPS) is 11.9. The maximum atomic E-state index is 11.8. The van der Waals surface area contributed by atoms with E-state index in [9.17, 15) is 9.59 Å². The van der Waals surface area contributed by atoms with E-state index < -0.39 is 17.9 Å². The Bertz CT molecular complexity index is 414. The third kappa shape index (κ3) is 3.85. The molecule has 0 aliphatic carbocycles. The highest BCUT2D eigenvalue weighted by atomic mass is 16.4. The number of aliphatic hydroxyl groups is 1. The molecular formula is C13H17NO4.